The van der Waals surface area contributed by atoms with E-state index >= 15 is 0 Å². The quantitative estimate of drug-likeness (QED) is 0.171. The van der Waals surface area contributed by atoms with Crippen LogP contribution < -0.4 is 9.80 Å². The van der Waals surface area contributed by atoms with Gasteiger partial charge >= 0.3 is 0 Å². The molecule has 0 saturated heterocycles. The molecule has 0 fully saturated rings. The SMILES string of the molecule is C=C1/C=C\C=C/CN(c2ccc(-c3ccccc3)cc2)c2ccc(-c3ccc(N(c4ccccc4)c4ccc5c(c4)C(C)(C)c4ccccc4-5)cc3)cc21. The summed E-state index contributed by atoms with van der Waals surface area (Å²) in [6, 6.07) is 61.7. The van der Waals surface area contributed by atoms with Crippen molar-refractivity contribution in [3.05, 3.63) is 217 Å². The minimum absolute atomic E-state index is 0.0754. The fraction of sp³-hybridized carbons (Fsp3) is 0.0769. The molecule has 1 heterocycles. The van der Waals surface area contributed by atoms with Gasteiger partial charge in [-0.3, -0.25) is 0 Å². The third-order valence-corrected chi connectivity index (χ3v) is 11.1. The molecule has 0 atom stereocenters. The van der Waals surface area contributed by atoms with Gasteiger partial charge in [-0.15, -0.1) is 0 Å². The first-order valence-electron chi connectivity index (χ1n) is 18.8. The second-order valence-corrected chi connectivity index (χ2v) is 14.7. The van der Waals surface area contributed by atoms with Gasteiger partial charge in [-0.1, -0.05) is 154 Å². The van der Waals surface area contributed by atoms with Crippen LogP contribution in [0.5, 0.6) is 0 Å². The highest BCUT2D eigenvalue weighted by atomic mass is 15.1. The number of nitrogens with zero attached hydrogens (tertiary/aromatic N) is 2. The highest BCUT2D eigenvalue weighted by molar-refractivity contribution is 5.89. The molecule has 2 heteroatoms. The van der Waals surface area contributed by atoms with Gasteiger partial charge in [-0.05, 0) is 111 Å². The number of benzene rings is 7. The highest BCUT2D eigenvalue weighted by Gasteiger charge is 2.35. The largest absolute Gasteiger partial charge is 0.337 e. The lowest BCUT2D eigenvalue weighted by molar-refractivity contribution is 0.660. The summed E-state index contributed by atoms with van der Waals surface area (Å²) >= 11 is 0. The van der Waals surface area contributed by atoms with Crippen molar-refractivity contribution in [3.8, 4) is 33.4 Å². The van der Waals surface area contributed by atoms with E-state index in [9.17, 15) is 0 Å². The molecule has 260 valence electrons. The van der Waals surface area contributed by atoms with E-state index in [1.165, 1.54) is 33.4 Å². The van der Waals surface area contributed by atoms with Gasteiger partial charge in [0.25, 0.3) is 0 Å². The maximum Gasteiger partial charge on any atom is 0.0493 e. The fourth-order valence-electron chi connectivity index (χ4n) is 8.18. The molecule has 1 aliphatic heterocycles. The Balaban J connectivity index is 1.06. The van der Waals surface area contributed by atoms with E-state index in [4.69, 9.17) is 0 Å². The number of para-hydroxylation sites is 1. The molecule has 7 aromatic carbocycles. The number of anilines is 5. The number of hydrogen-bond donors (Lipinski definition) is 0. The summed E-state index contributed by atoms with van der Waals surface area (Å²) in [5, 5.41) is 0. The Morgan fingerprint density at radius 1 is 0.500 bits per heavy atom. The van der Waals surface area contributed by atoms with E-state index < -0.39 is 0 Å². The minimum Gasteiger partial charge on any atom is -0.337 e. The monoisotopic (exact) mass is 694 g/mol. The van der Waals surface area contributed by atoms with Crippen molar-refractivity contribution in [3.63, 3.8) is 0 Å². The first-order valence-corrected chi connectivity index (χ1v) is 18.8. The zero-order valence-electron chi connectivity index (χ0n) is 30.8. The van der Waals surface area contributed by atoms with Crippen LogP contribution in [0.2, 0.25) is 0 Å². The van der Waals surface area contributed by atoms with Crippen molar-refractivity contribution in [1.29, 1.82) is 0 Å². The third-order valence-electron chi connectivity index (χ3n) is 11.1. The van der Waals surface area contributed by atoms with Crippen molar-refractivity contribution in [2.75, 3.05) is 16.3 Å². The summed E-state index contributed by atoms with van der Waals surface area (Å²) in [7, 11) is 0. The second-order valence-electron chi connectivity index (χ2n) is 14.7. The number of rotatable bonds is 6. The van der Waals surface area contributed by atoms with Crippen LogP contribution in [-0.4, -0.2) is 6.54 Å². The van der Waals surface area contributed by atoms with Crippen molar-refractivity contribution < 1.29 is 0 Å². The Hall–Kier alpha value is -6.64. The topological polar surface area (TPSA) is 6.48 Å². The Morgan fingerprint density at radius 2 is 1.09 bits per heavy atom. The number of allylic oxidation sites excluding steroid dienone is 4. The molecule has 2 aliphatic rings. The van der Waals surface area contributed by atoms with Crippen LogP contribution >= 0.6 is 0 Å². The maximum absolute atomic E-state index is 4.51. The van der Waals surface area contributed by atoms with E-state index in [1.54, 1.807) is 0 Å². The predicted molar refractivity (Wildman–Crippen MR) is 230 cm³/mol. The first kappa shape index (κ1) is 33.2. The summed E-state index contributed by atoms with van der Waals surface area (Å²) in [4.78, 5) is 4.74. The molecule has 0 radical (unpaired) electrons. The van der Waals surface area contributed by atoms with Gasteiger partial charge in [0.2, 0.25) is 0 Å². The molecule has 54 heavy (non-hydrogen) atoms. The summed E-state index contributed by atoms with van der Waals surface area (Å²) < 4.78 is 0. The molecule has 2 nitrogen and oxygen atoms in total. The molecule has 9 rings (SSSR count). The van der Waals surface area contributed by atoms with Gasteiger partial charge < -0.3 is 9.80 Å². The molecule has 0 amide bonds. The molecular weight excluding hydrogens is 653 g/mol. The Kier molecular flexibility index (Phi) is 8.44. The first-order chi connectivity index (χ1) is 26.5. The van der Waals surface area contributed by atoms with Gasteiger partial charge in [0.05, 0.1) is 0 Å². The number of hydrogen-bond acceptors (Lipinski definition) is 2. The summed E-state index contributed by atoms with van der Waals surface area (Å²) in [6.07, 6.45) is 8.52. The van der Waals surface area contributed by atoms with Gasteiger partial charge in [0, 0.05) is 46.0 Å². The molecule has 0 saturated carbocycles. The lowest BCUT2D eigenvalue weighted by Crippen LogP contribution is -2.18. The minimum atomic E-state index is -0.0754. The zero-order chi connectivity index (χ0) is 36.6. The standard InChI is InChI=1S/C52H42N2/c1-37-15-7-6-14-34-53(42-27-22-39(23-28-42)38-16-8-4-9-17-38)51-33-26-41(35-48(37)51)40-24-29-44(30-25-40)54(43-18-10-5-11-19-43)45-31-32-47-46-20-12-13-21-49(46)52(2,3)50(47)36-45/h4-33,35-36H,1,34H2,2-3H3/b14-6-,15-7-. The smallest absolute Gasteiger partial charge is 0.0493 e. The van der Waals surface area contributed by atoms with Gasteiger partial charge in [-0.25, -0.2) is 0 Å². The molecule has 0 spiro atoms. The van der Waals surface area contributed by atoms with Crippen LogP contribution in [0.25, 0.3) is 39.0 Å². The van der Waals surface area contributed by atoms with Crippen molar-refractivity contribution in [1.82, 2.24) is 0 Å². The summed E-state index contributed by atoms with van der Waals surface area (Å²) in [6.45, 7) is 9.95. The van der Waals surface area contributed by atoms with Crippen molar-refractivity contribution in [2.45, 2.75) is 19.3 Å². The zero-order valence-corrected chi connectivity index (χ0v) is 30.8. The molecule has 7 aromatic rings. The molecule has 0 aromatic heterocycles. The molecule has 0 bridgehead atoms. The van der Waals surface area contributed by atoms with Crippen LogP contribution in [-0.2, 0) is 5.41 Å². The molecular formula is C52H42N2. The second kappa shape index (κ2) is 13.7. The lowest BCUT2D eigenvalue weighted by Gasteiger charge is -2.28. The number of fused-ring (bicyclic) bond motifs is 4. The van der Waals surface area contributed by atoms with E-state index in [2.05, 4.69) is 224 Å². The molecule has 0 N–H and O–H groups in total. The van der Waals surface area contributed by atoms with Crippen LogP contribution in [0.1, 0.15) is 30.5 Å². The molecule has 0 unspecified atom stereocenters. The Bertz CT molecular complexity index is 2540. The normalized spacial score (nSPS) is 15.2. The Morgan fingerprint density at radius 3 is 1.87 bits per heavy atom. The van der Waals surface area contributed by atoms with E-state index in [0.29, 0.717) is 0 Å². The van der Waals surface area contributed by atoms with Gasteiger partial charge in [0.1, 0.15) is 0 Å². The highest BCUT2D eigenvalue weighted by Crippen LogP contribution is 2.50. The average Bonchev–Trinajstić information content (AvgIpc) is 3.49. The van der Waals surface area contributed by atoms with Crippen LogP contribution in [0.3, 0.4) is 0 Å². The third kappa shape index (κ3) is 5.96. The van der Waals surface area contributed by atoms with Crippen LogP contribution in [0.15, 0.2) is 201 Å². The van der Waals surface area contributed by atoms with Crippen molar-refractivity contribution >= 4 is 34.0 Å². The summed E-state index contributed by atoms with van der Waals surface area (Å²) in [5.74, 6) is 0. The van der Waals surface area contributed by atoms with Crippen LogP contribution in [0.4, 0.5) is 28.4 Å². The summed E-state index contributed by atoms with van der Waals surface area (Å²) in [5.41, 5.74) is 17.9. The van der Waals surface area contributed by atoms with E-state index in [0.717, 1.165) is 57.2 Å². The molecule has 1 aliphatic carbocycles. The lowest BCUT2D eigenvalue weighted by atomic mass is 9.82. The maximum atomic E-state index is 4.51. The van der Waals surface area contributed by atoms with E-state index in [1.807, 2.05) is 0 Å². The van der Waals surface area contributed by atoms with Gasteiger partial charge in [0.15, 0.2) is 0 Å². The Labute approximate surface area is 319 Å². The van der Waals surface area contributed by atoms with Crippen LogP contribution in [0, 0.1) is 0 Å². The average molecular weight is 695 g/mol. The van der Waals surface area contributed by atoms with Gasteiger partial charge in [-0.2, -0.15) is 0 Å². The van der Waals surface area contributed by atoms with E-state index in [-0.39, 0.29) is 5.41 Å². The predicted octanol–water partition coefficient (Wildman–Crippen LogP) is 14.1. The fourth-order valence-corrected chi connectivity index (χ4v) is 8.18. The van der Waals surface area contributed by atoms with Crippen molar-refractivity contribution in [2.24, 2.45) is 0 Å².